The Balaban J connectivity index is 3.84. The Bertz CT molecular complexity index is 164. The second kappa shape index (κ2) is 4.33. The molecular formula is C7H12F3NO. The fourth-order valence-corrected chi connectivity index (χ4v) is 0.362. The molecule has 0 aromatic rings. The molecule has 12 heavy (non-hydrogen) atoms. The number of hydrogen-bond acceptors (Lipinski definition) is 2. The van der Waals surface area contributed by atoms with E-state index in [4.69, 9.17) is 0 Å². The zero-order valence-corrected chi connectivity index (χ0v) is 7.27. The van der Waals surface area contributed by atoms with Crippen LogP contribution in [0.2, 0.25) is 0 Å². The predicted molar refractivity (Wildman–Crippen MR) is 40.3 cm³/mol. The lowest BCUT2D eigenvalue weighted by Crippen LogP contribution is -2.32. The van der Waals surface area contributed by atoms with Crippen LogP contribution >= 0.6 is 0 Å². The molecule has 0 saturated carbocycles. The average Bonchev–Trinajstić information content (AvgIpc) is 1.85. The van der Waals surface area contributed by atoms with E-state index >= 15 is 0 Å². The largest absolute Gasteiger partial charge is 0.389 e. The monoisotopic (exact) mass is 183 g/mol. The van der Waals surface area contributed by atoms with Gasteiger partial charge in [-0.05, 0) is 20.8 Å². The molecule has 0 aromatic heterocycles. The Kier molecular flexibility index (Phi) is 4.06. The first-order chi connectivity index (χ1) is 5.36. The van der Waals surface area contributed by atoms with Crippen LogP contribution in [0, 0.1) is 0 Å². The summed E-state index contributed by atoms with van der Waals surface area (Å²) >= 11 is 0. The Morgan fingerprint density at radius 1 is 1.50 bits per heavy atom. The Morgan fingerprint density at radius 2 is 2.00 bits per heavy atom. The molecule has 1 unspecified atom stereocenters. The van der Waals surface area contributed by atoms with Crippen LogP contribution in [0.25, 0.3) is 0 Å². The number of hydrogen-bond donors (Lipinski definition) is 0. The van der Waals surface area contributed by atoms with Gasteiger partial charge in [0.05, 0.1) is 5.71 Å². The zero-order chi connectivity index (χ0) is 9.78. The molecule has 72 valence electrons. The van der Waals surface area contributed by atoms with Gasteiger partial charge in [-0.15, -0.1) is 0 Å². The Morgan fingerprint density at radius 3 is 2.33 bits per heavy atom. The molecule has 0 aliphatic rings. The smallest absolute Gasteiger partial charge is 0.314 e. The van der Waals surface area contributed by atoms with Gasteiger partial charge >= 0.3 is 5.92 Å². The average molecular weight is 183 g/mol. The van der Waals surface area contributed by atoms with Gasteiger partial charge in [-0.3, -0.25) is 0 Å². The van der Waals surface area contributed by atoms with Crippen molar-refractivity contribution in [2.45, 2.75) is 32.9 Å². The van der Waals surface area contributed by atoms with E-state index in [9.17, 15) is 13.2 Å². The molecule has 0 N–H and O–H groups in total. The summed E-state index contributed by atoms with van der Waals surface area (Å²) < 4.78 is 37.0. The highest BCUT2D eigenvalue weighted by Gasteiger charge is 2.38. The fraction of sp³-hybridized carbons (Fsp3) is 0.857. The van der Waals surface area contributed by atoms with Gasteiger partial charge in [-0.2, -0.15) is 8.78 Å². The van der Waals surface area contributed by atoms with Crippen molar-refractivity contribution in [1.82, 2.24) is 0 Å². The van der Waals surface area contributed by atoms with E-state index < -0.39 is 18.7 Å². The third-order valence-corrected chi connectivity index (χ3v) is 1.09. The molecule has 0 aliphatic carbocycles. The molecule has 0 bridgehead atoms. The topological polar surface area (TPSA) is 21.6 Å². The van der Waals surface area contributed by atoms with Gasteiger partial charge in [-0.1, -0.05) is 5.16 Å². The molecule has 2 nitrogen and oxygen atoms in total. The first-order valence-corrected chi connectivity index (χ1v) is 3.51. The molecule has 0 fully saturated rings. The van der Waals surface area contributed by atoms with Gasteiger partial charge in [0.1, 0.15) is 0 Å². The minimum atomic E-state index is -3.46. The van der Waals surface area contributed by atoms with E-state index in [-0.39, 0.29) is 0 Å². The predicted octanol–water partition coefficient (Wildman–Crippen LogP) is 2.39. The number of nitrogens with zero attached hydrogens (tertiary/aromatic N) is 1. The van der Waals surface area contributed by atoms with Gasteiger partial charge in [0.2, 0.25) is 0 Å². The van der Waals surface area contributed by atoms with Gasteiger partial charge in [0.25, 0.3) is 0 Å². The van der Waals surface area contributed by atoms with Crippen LogP contribution in [0.1, 0.15) is 20.8 Å². The van der Waals surface area contributed by atoms with Crippen molar-refractivity contribution in [1.29, 1.82) is 0 Å². The molecule has 0 saturated heterocycles. The lowest BCUT2D eigenvalue weighted by atomic mass is 10.2. The van der Waals surface area contributed by atoms with Crippen LogP contribution in [0.3, 0.4) is 0 Å². The van der Waals surface area contributed by atoms with Gasteiger partial charge in [0, 0.05) is 0 Å². The zero-order valence-electron chi connectivity index (χ0n) is 7.27. The number of rotatable bonds is 4. The standard InChI is InChI=1S/C7H12F3NO/c1-5(2)11-12-4-7(9,10)6(3)8/h6H,4H2,1-3H3. The van der Waals surface area contributed by atoms with Crippen LogP contribution in [-0.4, -0.2) is 24.4 Å². The highest BCUT2D eigenvalue weighted by molar-refractivity contribution is 5.78. The maximum Gasteiger partial charge on any atom is 0.314 e. The third-order valence-electron chi connectivity index (χ3n) is 1.09. The molecule has 0 spiro atoms. The number of alkyl halides is 3. The first kappa shape index (κ1) is 11.3. The van der Waals surface area contributed by atoms with Crippen LogP contribution in [0.5, 0.6) is 0 Å². The van der Waals surface area contributed by atoms with Crippen LogP contribution in [0.4, 0.5) is 13.2 Å². The SMILES string of the molecule is CC(C)=NOCC(F)(F)C(C)F. The summed E-state index contributed by atoms with van der Waals surface area (Å²) in [6.07, 6.45) is -2.22. The van der Waals surface area contributed by atoms with E-state index in [2.05, 4.69) is 9.99 Å². The summed E-state index contributed by atoms with van der Waals surface area (Å²) in [4.78, 5) is 4.22. The van der Waals surface area contributed by atoms with Crippen molar-refractivity contribution >= 4 is 5.71 Å². The lowest BCUT2D eigenvalue weighted by Gasteiger charge is -2.15. The van der Waals surface area contributed by atoms with Crippen molar-refractivity contribution < 1.29 is 18.0 Å². The van der Waals surface area contributed by atoms with Gasteiger partial charge in [-0.25, -0.2) is 4.39 Å². The summed E-state index contributed by atoms with van der Waals surface area (Å²) in [5.74, 6) is -3.46. The normalized spacial score (nSPS) is 13.8. The third kappa shape index (κ3) is 4.20. The molecule has 0 radical (unpaired) electrons. The van der Waals surface area contributed by atoms with Crippen molar-refractivity contribution in [3.8, 4) is 0 Å². The molecule has 0 aromatic carbocycles. The minimum Gasteiger partial charge on any atom is -0.389 e. The molecule has 5 heteroatoms. The maximum absolute atomic E-state index is 12.4. The molecule has 0 amide bonds. The number of oxime groups is 1. The van der Waals surface area contributed by atoms with Crippen LogP contribution < -0.4 is 0 Å². The highest BCUT2D eigenvalue weighted by Crippen LogP contribution is 2.21. The molecule has 1 atom stereocenters. The van der Waals surface area contributed by atoms with Gasteiger partial charge in [0.15, 0.2) is 12.8 Å². The van der Waals surface area contributed by atoms with Crippen molar-refractivity contribution in [3.63, 3.8) is 0 Å². The summed E-state index contributed by atoms with van der Waals surface area (Å²) in [5, 5.41) is 3.26. The lowest BCUT2D eigenvalue weighted by molar-refractivity contribution is -0.119. The minimum absolute atomic E-state index is 0.511. The summed E-state index contributed by atoms with van der Waals surface area (Å²) in [6.45, 7) is 2.95. The molecule has 0 aliphatic heterocycles. The van der Waals surface area contributed by atoms with Crippen LogP contribution in [-0.2, 0) is 4.84 Å². The van der Waals surface area contributed by atoms with Crippen LogP contribution in [0.15, 0.2) is 5.16 Å². The maximum atomic E-state index is 12.4. The second-order valence-electron chi connectivity index (χ2n) is 2.69. The first-order valence-electron chi connectivity index (χ1n) is 3.51. The van der Waals surface area contributed by atoms with E-state index in [0.717, 1.165) is 6.92 Å². The van der Waals surface area contributed by atoms with Crippen molar-refractivity contribution in [3.05, 3.63) is 0 Å². The summed E-state index contributed by atoms with van der Waals surface area (Å²) in [6, 6.07) is 0. The fourth-order valence-electron chi connectivity index (χ4n) is 0.362. The molecule has 0 rings (SSSR count). The number of halogens is 3. The van der Waals surface area contributed by atoms with E-state index in [1.807, 2.05) is 0 Å². The summed E-state index contributed by atoms with van der Waals surface area (Å²) in [7, 11) is 0. The second-order valence-corrected chi connectivity index (χ2v) is 2.69. The van der Waals surface area contributed by atoms with Crippen molar-refractivity contribution in [2.24, 2.45) is 5.16 Å². The molecular weight excluding hydrogens is 171 g/mol. The van der Waals surface area contributed by atoms with E-state index in [0.29, 0.717) is 5.71 Å². The highest BCUT2D eigenvalue weighted by atomic mass is 19.3. The Labute approximate surface area is 69.4 Å². The van der Waals surface area contributed by atoms with E-state index in [1.54, 1.807) is 13.8 Å². The quantitative estimate of drug-likeness (QED) is 0.484. The van der Waals surface area contributed by atoms with Crippen molar-refractivity contribution in [2.75, 3.05) is 6.61 Å². The Hall–Kier alpha value is -0.740. The van der Waals surface area contributed by atoms with E-state index in [1.165, 1.54) is 0 Å². The summed E-state index contributed by atoms with van der Waals surface area (Å²) in [5.41, 5.74) is 0.511. The van der Waals surface area contributed by atoms with Gasteiger partial charge < -0.3 is 4.84 Å². The molecule has 0 heterocycles.